The average Bonchev–Trinajstić information content (AvgIpc) is 3.35. The van der Waals surface area contributed by atoms with Crippen molar-refractivity contribution in [3.05, 3.63) is 35.8 Å². The second kappa shape index (κ2) is 9.86. The third-order valence-electron chi connectivity index (χ3n) is 5.96. The van der Waals surface area contributed by atoms with Crippen LogP contribution in [0.1, 0.15) is 26.7 Å². The number of nitrogens with one attached hydrogen (secondary N) is 3. The standard InChI is InChI=1S/C22H26ClF3N8O/c1-12(14(3)35)8-33-9-15(5-4-13(33)2)29-20-18-17(23)7-27-19(18)31-21(32-20)30-16-6-28-34(10-16)11-22(24,25)26/h6-7,10,13,15H,1,4-5,8-9,11H2,2-3H3,(H3,27,29,30,31,32)/t13-,15+/m0/s1. The summed E-state index contributed by atoms with van der Waals surface area (Å²) in [6, 6.07) is 0.327. The Morgan fingerprint density at radius 1 is 1.34 bits per heavy atom. The van der Waals surface area contributed by atoms with Crippen molar-refractivity contribution in [2.75, 3.05) is 23.7 Å². The first-order valence-electron chi connectivity index (χ1n) is 11.1. The number of rotatable bonds is 8. The Hall–Kier alpha value is -3.12. The van der Waals surface area contributed by atoms with Crippen LogP contribution in [0.15, 0.2) is 30.7 Å². The maximum Gasteiger partial charge on any atom is 0.408 e. The molecule has 1 saturated heterocycles. The summed E-state index contributed by atoms with van der Waals surface area (Å²) in [4.78, 5) is 25.8. The maximum atomic E-state index is 12.6. The molecule has 0 aliphatic carbocycles. The van der Waals surface area contributed by atoms with E-state index in [-0.39, 0.29) is 17.8 Å². The number of alkyl halides is 3. The van der Waals surface area contributed by atoms with E-state index in [1.165, 1.54) is 19.3 Å². The monoisotopic (exact) mass is 510 g/mol. The molecule has 1 aliphatic rings. The second-order valence-electron chi connectivity index (χ2n) is 8.78. The van der Waals surface area contributed by atoms with Gasteiger partial charge in [-0.15, -0.1) is 0 Å². The highest BCUT2D eigenvalue weighted by Crippen LogP contribution is 2.31. The molecule has 35 heavy (non-hydrogen) atoms. The largest absolute Gasteiger partial charge is 0.408 e. The van der Waals surface area contributed by atoms with Crippen molar-refractivity contribution >= 4 is 45.9 Å². The minimum Gasteiger partial charge on any atom is -0.365 e. The molecule has 0 spiro atoms. The average molecular weight is 511 g/mol. The number of aromatic amines is 1. The van der Waals surface area contributed by atoms with Crippen molar-refractivity contribution in [1.29, 1.82) is 0 Å². The number of Topliss-reactive ketones (excluding diaryl/α,β-unsaturated/α-hetero) is 1. The third-order valence-corrected chi connectivity index (χ3v) is 6.26. The Kier molecular flexibility index (Phi) is 7.04. The van der Waals surface area contributed by atoms with Crippen molar-refractivity contribution in [3.8, 4) is 0 Å². The van der Waals surface area contributed by atoms with Crippen LogP contribution in [0.4, 0.5) is 30.6 Å². The van der Waals surface area contributed by atoms with Gasteiger partial charge in [-0.1, -0.05) is 18.2 Å². The van der Waals surface area contributed by atoms with Crippen LogP contribution < -0.4 is 10.6 Å². The Labute approximate surface area is 204 Å². The van der Waals surface area contributed by atoms with Gasteiger partial charge >= 0.3 is 6.18 Å². The summed E-state index contributed by atoms with van der Waals surface area (Å²) < 4.78 is 38.7. The van der Waals surface area contributed by atoms with Crippen molar-refractivity contribution in [3.63, 3.8) is 0 Å². The number of aromatic nitrogens is 5. The van der Waals surface area contributed by atoms with Crippen LogP contribution in [-0.2, 0) is 11.3 Å². The lowest BCUT2D eigenvalue weighted by molar-refractivity contribution is -0.142. The van der Waals surface area contributed by atoms with E-state index >= 15 is 0 Å². The number of piperidine rings is 1. The number of anilines is 3. The number of nitrogens with zero attached hydrogens (tertiary/aromatic N) is 5. The molecule has 0 radical (unpaired) electrons. The molecule has 188 valence electrons. The van der Waals surface area contributed by atoms with Crippen LogP contribution in [0.5, 0.6) is 0 Å². The third kappa shape index (κ3) is 6.12. The fourth-order valence-corrected chi connectivity index (χ4v) is 4.28. The first-order chi connectivity index (χ1) is 16.5. The fraction of sp³-hybridized carbons (Fsp3) is 0.455. The SMILES string of the molecule is C=C(CN1C[C@H](Nc2nc(Nc3cnn(CC(F)(F)F)c3)nc3[nH]cc(Cl)c23)CC[C@@H]1C)C(C)=O. The number of carbonyl (C=O) groups excluding carboxylic acids is 1. The van der Waals surface area contributed by atoms with Gasteiger partial charge in [-0.3, -0.25) is 14.4 Å². The number of hydrogen-bond donors (Lipinski definition) is 3. The van der Waals surface area contributed by atoms with Crippen molar-refractivity contribution < 1.29 is 18.0 Å². The predicted octanol–water partition coefficient (Wildman–Crippen LogP) is 4.52. The van der Waals surface area contributed by atoms with Gasteiger partial charge in [0.05, 0.1) is 22.3 Å². The van der Waals surface area contributed by atoms with E-state index < -0.39 is 12.7 Å². The zero-order valence-electron chi connectivity index (χ0n) is 19.3. The molecule has 0 saturated carbocycles. The molecule has 1 fully saturated rings. The number of likely N-dealkylation sites (tertiary alicyclic amines) is 1. The molecule has 3 aromatic rings. The molecule has 0 amide bonds. The maximum absolute atomic E-state index is 12.6. The molecule has 13 heteroatoms. The van der Waals surface area contributed by atoms with E-state index in [4.69, 9.17) is 11.6 Å². The van der Waals surface area contributed by atoms with Gasteiger partial charge in [-0.25, -0.2) is 0 Å². The summed E-state index contributed by atoms with van der Waals surface area (Å²) >= 11 is 6.38. The lowest BCUT2D eigenvalue weighted by atomic mass is 9.98. The first-order valence-corrected chi connectivity index (χ1v) is 11.5. The smallest absolute Gasteiger partial charge is 0.365 e. The quantitative estimate of drug-likeness (QED) is 0.383. The summed E-state index contributed by atoms with van der Waals surface area (Å²) in [6.07, 6.45) is 1.53. The molecule has 3 N–H and O–H groups in total. The van der Waals surface area contributed by atoms with Crippen LogP contribution in [0.3, 0.4) is 0 Å². The Bertz CT molecular complexity index is 1240. The Balaban J connectivity index is 1.54. The van der Waals surface area contributed by atoms with E-state index in [0.29, 0.717) is 52.3 Å². The van der Waals surface area contributed by atoms with Crippen LogP contribution in [0.25, 0.3) is 11.0 Å². The van der Waals surface area contributed by atoms with Gasteiger partial charge in [0.1, 0.15) is 18.0 Å². The van der Waals surface area contributed by atoms with E-state index in [1.807, 2.05) is 0 Å². The fourth-order valence-electron chi connectivity index (χ4n) is 4.05. The predicted molar refractivity (Wildman–Crippen MR) is 128 cm³/mol. The van der Waals surface area contributed by atoms with Gasteiger partial charge in [0.25, 0.3) is 0 Å². The topological polar surface area (TPSA) is 104 Å². The van der Waals surface area contributed by atoms with E-state index in [1.54, 1.807) is 6.20 Å². The molecule has 9 nitrogen and oxygen atoms in total. The molecular weight excluding hydrogens is 485 g/mol. The summed E-state index contributed by atoms with van der Waals surface area (Å²) in [5.41, 5.74) is 1.36. The highest BCUT2D eigenvalue weighted by atomic mass is 35.5. The number of ketones is 1. The minimum absolute atomic E-state index is 0.0254. The summed E-state index contributed by atoms with van der Waals surface area (Å²) in [5.74, 6) is 0.644. The Morgan fingerprint density at radius 2 is 2.11 bits per heavy atom. The van der Waals surface area contributed by atoms with Crippen molar-refractivity contribution in [2.45, 2.75) is 51.5 Å². The molecule has 3 aromatic heterocycles. The van der Waals surface area contributed by atoms with Crippen LogP contribution in [-0.4, -0.2) is 66.8 Å². The number of H-pyrrole nitrogens is 1. The molecule has 2 atom stereocenters. The second-order valence-corrected chi connectivity index (χ2v) is 9.19. The van der Waals surface area contributed by atoms with Gasteiger partial charge in [0.2, 0.25) is 5.95 Å². The Morgan fingerprint density at radius 3 is 2.83 bits per heavy atom. The first kappa shape index (κ1) is 25.0. The molecule has 4 rings (SSSR count). The molecule has 0 unspecified atom stereocenters. The van der Waals surface area contributed by atoms with Gasteiger partial charge in [0, 0.05) is 43.1 Å². The normalized spacial score (nSPS) is 19.1. The van der Waals surface area contributed by atoms with Crippen LogP contribution in [0.2, 0.25) is 5.02 Å². The number of hydrogen-bond acceptors (Lipinski definition) is 7. The lowest BCUT2D eigenvalue weighted by Gasteiger charge is -2.38. The van der Waals surface area contributed by atoms with Gasteiger partial charge in [-0.05, 0) is 26.7 Å². The molecule has 4 heterocycles. The van der Waals surface area contributed by atoms with Crippen molar-refractivity contribution in [2.24, 2.45) is 0 Å². The number of fused-ring (bicyclic) bond motifs is 1. The van der Waals surface area contributed by atoms with E-state index in [0.717, 1.165) is 17.5 Å². The summed E-state index contributed by atoms with van der Waals surface area (Å²) in [7, 11) is 0. The zero-order chi connectivity index (χ0) is 25.3. The lowest BCUT2D eigenvalue weighted by Crippen LogP contribution is -2.47. The minimum atomic E-state index is -4.38. The van der Waals surface area contributed by atoms with Crippen LogP contribution >= 0.6 is 11.6 Å². The van der Waals surface area contributed by atoms with E-state index in [2.05, 4.69) is 49.1 Å². The van der Waals surface area contributed by atoms with Crippen LogP contribution in [0, 0.1) is 0 Å². The zero-order valence-corrected chi connectivity index (χ0v) is 20.0. The van der Waals surface area contributed by atoms with E-state index in [9.17, 15) is 18.0 Å². The molecular formula is C22H26ClF3N8O. The molecule has 0 bridgehead atoms. The van der Waals surface area contributed by atoms with Crippen molar-refractivity contribution in [1.82, 2.24) is 29.6 Å². The highest BCUT2D eigenvalue weighted by molar-refractivity contribution is 6.36. The summed E-state index contributed by atoms with van der Waals surface area (Å²) in [5, 5.41) is 11.1. The molecule has 0 aromatic carbocycles. The number of halogens is 4. The summed E-state index contributed by atoms with van der Waals surface area (Å²) in [6.45, 7) is 7.49. The molecule has 1 aliphatic heterocycles. The number of carbonyl (C=O) groups is 1. The van der Waals surface area contributed by atoms with Gasteiger partial charge in [0.15, 0.2) is 5.78 Å². The van der Waals surface area contributed by atoms with Gasteiger partial charge < -0.3 is 15.6 Å². The van der Waals surface area contributed by atoms with Gasteiger partial charge in [-0.2, -0.15) is 28.2 Å². The highest BCUT2D eigenvalue weighted by Gasteiger charge is 2.29.